The van der Waals surface area contributed by atoms with Gasteiger partial charge in [-0.3, -0.25) is 0 Å². The van der Waals surface area contributed by atoms with Crippen molar-refractivity contribution in [3.63, 3.8) is 0 Å². The third-order valence-corrected chi connectivity index (χ3v) is 7.46. The molecule has 4 rings (SSSR count). The molecule has 22 heavy (non-hydrogen) atoms. The van der Waals surface area contributed by atoms with Gasteiger partial charge in [-0.2, -0.15) is 5.26 Å². The summed E-state index contributed by atoms with van der Waals surface area (Å²) in [5.41, 5.74) is 3.96. The van der Waals surface area contributed by atoms with Crippen molar-refractivity contribution < 1.29 is 0 Å². The second-order valence-electron chi connectivity index (χ2n) is 8.17. The van der Waals surface area contributed by atoms with Crippen LogP contribution in [0.15, 0.2) is 12.1 Å². The lowest BCUT2D eigenvalue weighted by Gasteiger charge is -2.52. The Morgan fingerprint density at radius 1 is 1.32 bits per heavy atom. The fourth-order valence-electron chi connectivity index (χ4n) is 6.30. The van der Waals surface area contributed by atoms with Gasteiger partial charge >= 0.3 is 0 Å². The summed E-state index contributed by atoms with van der Waals surface area (Å²) in [6.07, 6.45) is 7.94. The number of nitrogens with zero attached hydrogens (tertiary/aromatic N) is 1. The topological polar surface area (TPSA) is 23.8 Å². The van der Waals surface area contributed by atoms with Gasteiger partial charge in [0, 0.05) is 0 Å². The molecule has 1 aromatic rings. The molecule has 2 fully saturated rings. The number of halogens is 1. The van der Waals surface area contributed by atoms with Crippen LogP contribution in [0.1, 0.15) is 68.6 Å². The molecule has 3 aliphatic rings. The average Bonchev–Trinajstić information content (AvgIpc) is 2.88. The summed E-state index contributed by atoms with van der Waals surface area (Å²) in [6, 6.07) is 6.40. The maximum atomic E-state index is 9.23. The van der Waals surface area contributed by atoms with Crippen molar-refractivity contribution in [2.24, 2.45) is 23.2 Å². The molecule has 3 aliphatic carbocycles. The fourth-order valence-corrected chi connectivity index (χ4v) is 6.61. The number of benzene rings is 1. The van der Waals surface area contributed by atoms with Gasteiger partial charge in [-0.25, -0.2) is 0 Å². The summed E-state index contributed by atoms with van der Waals surface area (Å²) in [6.45, 7) is 4.98. The summed E-state index contributed by atoms with van der Waals surface area (Å²) in [7, 11) is 0. The van der Waals surface area contributed by atoms with Gasteiger partial charge in [0.15, 0.2) is 0 Å². The van der Waals surface area contributed by atoms with E-state index in [2.05, 4.69) is 26.0 Å². The Hall–Kier alpha value is -1.00. The quantitative estimate of drug-likeness (QED) is 0.602. The van der Waals surface area contributed by atoms with Crippen LogP contribution in [0, 0.1) is 34.5 Å². The molecule has 0 bridgehead atoms. The minimum Gasteiger partial charge on any atom is -0.192 e. The number of hydrogen-bond acceptors (Lipinski definition) is 1. The molecule has 0 amide bonds. The molecule has 1 nitrogen and oxygen atoms in total. The Morgan fingerprint density at radius 2 is 2.14 bits per heavy atom. The van der Waals surface area contributed by atoms with Crippen LogP contribution in [0.5, 0.6) is 0 Å². The molecular weight excluding hydrogens is 290 g/mol. The number of hydrogen-bond donors (Lipinski definition) is 0. The zero-order chi connectivity index (χ0) is 15.5. The minimum absolute atomic E-state index is 0.578. The van der Waals surface area contributed by atoms with E-state index in [1.165, 1.54) is 43.2 Å². The Bertz CT molecular complexity index is 658. The summed E-state index contributed by atoms with van der Waals surface area (Å²) in [4.78, 5) is 0. The molecule has 3 unspecified atom stereocenters. The van der Waals surface area contributed by atoms with Crippen LogP contribution in [-0.2, 0) is 6.42 Å². The van der Waals surface area contributed by atoms with Crippen molar-refractivity contribution >= 4 is 11.6 Å². The van der Waals surface area contributed by atoms with Crippen LogP contribution >= 0.6 is 11.6 Å². The Balaban J connectivity index is 1.80. The summed E-state index contributed by atoms with van der Waals surface area (Å²) in [5, 5.41) is 9.95. The van der Waals surface area contributed by atoms with Crippen LogP contribution in [0.4, 0.5) is 0 Å². The summed E-state index contributed by atoms with van der Waals surface area (Å²) < 4.78 is 0. The van der Waals surface area contributed by atoms with Gasteiger partial charge in [0.1, 0.15) is 6.07 Å². The van der Waals surface area contributed by atoms with E-state index in [1.807, 2.05) is 6.07 Å². The monoisotopic (exact) mass is 313 g/mol. The van der Waals surface area contributed by atoms with Gasteiger partial charge < -0.3 is 0 Å². The van der Waals surface area contributed by atoms with Crippen molar-refractivity contribution in [3.8, 4) is 6.07 Å². The maximum absolute atomic E-state index is 9.23. The first-order valence-corrected chi connectivity index (χ1v) is 9.14. The van der Waals surface area contributed by atoms with Gasteiger partial charge in [0.05, 0.1) is 10.6 Å². The maximum Gasteiger partial charge on any atom is 0.101 e. The lowest BCUT2D eigenvalue weighted by atomic mass is 9.52. The van der Waals surface area contributed by atoms with E-state index < -0.39 is 0 Å². The zero-order valence-corrected chi connectivity index (χ0v) is 14.3. The van der Waals surface area contributed by atoms with Gasteiger partial charge in [0.25, 0.3) is 0 Å². The van der Waals surface area contributed by atoms with E-state index in [0.717, 1.165) is 29.2 Å². The molecule has 0 aromatic heterocycles. The van der Waals surface area contributed by atoms with E-state index in [0.29, 0.717) is 16.9 Å². The highest BCUT2D eigenvalue weighted by atomic mass is 35.5. The first-order valence-electron chi connectivity index (χ1n) is 8.76. The van der Waals surface area contributed by atoms with Gasteiger partial charge in [0.2, 0.25) is 0 Å². The molecular formula is C20H24ClN. The van der Waals surface area contributed by atoms with Crippen LogP contribution in [0.2, 0.25) is 5.02 Å². The van der Waals surface area contributed by atoms with E-state index in [-0.39, 0.29) is 0 Å². The highest BCUT2D eigenvalue weighted by molar-refractivity contribution is 6.32. The lowest BCUT2D eigenvalue weighted by molar-refractivity contribution is 0.0239. The molecule has 116 valence electrons. The largest absolute Gasteiger partial charge is 0.192 e. The number of nitriles is 1. The van der Waals surface area contributed by atoms with E-state index >= 15 is 0 Å². The Morgan fingerprint density at radius 3 is 2.91 bits per heavy atom. The zero-order valence-electron chi connectivity index (χ0n) is 13.5. The average molecular weight is 314 g/mol. The van der Waals surface area contributed by atoms with Gasteiger partial charge in [-0.1, -0.05) is 37.9 Å². The second-order valence-corrected chi connectivity index (χ2v) is 8.55. The standard InChI is InChI=1S/C20H24ClN/c1-12-10-20(2)9-3-4-17(20)16-8-7-15-14(18(12)16)6-5-13(11-22)19(15)21/h5-6,12,16-18H,3-4,7-10H2,1-2H3/t12-,16?,17?,18?,20-/m0/s1. The molecule has 2 saturated carbocycles. The van der Waals surface area contributed by atoms with Crippen molar-refractivity contribution in [2.45, 2.75) is 58.3 Å². The van der Waals surface area contributed by atoms with Crippen LogP contribution < -0.4 is 0 Å². The third kappa shape index (κ3) is 1.89. The normalized spacial score (nSPS) is 39.5. The van der Waals surface area contributed by atoms with Crippen molar-refractivity contribution in [1.82, 2.24) is 0 Å². The molecule has 2 heteroatoms. The summed E-state index contributed by atoms with van der Waals surface area (Å²) >= 11 is 6.52. The van der Waals surface area contributed by atoms with E-state index in [4.69, 9.17) is 11.6 Å². The minimum atomic E-state index is 0.578. The van der Waals surface area contributed by atoms with Gasteiger partial charge in [-0.15, -0.1) is 0 Å². The lowest BCUT2D eigenvalue weighted by Crippen LogP contribution is -2.43. The van der Waals surface area contributed by atoms with Crippen molar-refractivity contribution in [2.75, 3.05) is 0 Å². The molecule has 0 spiro atoms. The highest BCUT2D eigenvalue weighted by Gasteiger charge is 2.52. The smallest absolute Gasteiger partial charge is 0.101 e. The second kappa shape index (κ2) is 5.00. The fraction of sp³-hybridized carbons (Fsp3) is 0.650. The number of fused-ring (bicyclic) bond motifs is 5. The Labute approximate surface area is 138 Å². The molecule has 0 heterocycles. The molecule has 5 atom stereocenters. The van der Waals surface area contributed by atoms with E-state index in [1.54, 1.807) is 0 Å². The van der Waals surface area contributed by atoms with E-state index in [9.17, 15) is 5.26 Å². The molecule has 0 radical (unpaired) electrons. The third-order valence-electron chi connectivity index (χ3n) is 7.02. The first-order chi connectivity index (χ1) is 10.5. The highest BCUT2D eigenvalue weighted by Crippen LogP contribution is 2.62. The molecule has 0 saturated heterocycles. The first kappa shape index (κ1) is 14.6. The predicted octanol–water partition coefficient (Wildman–Crippen LogP) is 5.70. The predicted molar refractivity (Wildman–Crippen MR) is 89.9 cm³/mol. The van der Waals surface area contributed by atoms with Crippen molar-refractivity contribution in [1.29, 1.82) is 5.26 Å². The van der Waals surface area contributed by atoms with Crippen LogP contribution in [0.25, 0.3) is 0 Å². The SMILES string of the molecule is C[C@H]1C[C@]2(C)CCCC2C2CCc3c(ccc(C#N)c3Cl)C21. The van der Waals surface area contributed by atoms with Crippen LogP contribution in [0.3, 0.4) is 0 Å². The Kier molecular flexibility index (Phi) is 3.31. The number of rotatable bonds is 0. The summed E-state index contributed by atoms with van der Waals surface area (Å²) in [5.74, 6) is 3.11. The molecule has 1 aromatic carbocycles. The van der Waals surface area contributed by atoms with Crippen molar-refractivity contribution in [3.05, 3.63) is 33.8 Å². The molecule has 0 aliphatic heterocycles. The van der Waals surface area contributed by atoms with Crippen LogP contribution in [-0.4, -0.2) is 0 Å². The molecule has 0 N–H and O–H groups in total. The van der Waals surface area contributed by atoms with Gasteiger partial charge in [-0.05, 0) is 78.4 Å².